The first-order valence-corrected chi connectivity index (χ1v) is 5.51. The molecule has 6 heteroatoms. The minimum Gasteiger partial charge on any atom is -0.288 e. The molecule has 0 aliphatic heterocycles. The van der Waals surface area contributed by atoms with E-state index >= 15 is 0 Å². The van der Waals surface area contributed by atoms with Crippen molar-refractivity contribution in [1.29, 1.82) is 10.8 Å². The molecule has 2 N–H and O–H groups in total. The summed E-state index contributed by atoms with van der Waals surface area (Å²) < 4.78 is 2.08. The molecule has 70 valence electrons. The summed E-state index contributed by atoms with van der Waals surface area (Å²) in [5.74, 6) is 0.295. The molecule has 0 radical (unpaired) electrons. The summed E-state index contributed by atoms with van der Waals surface area (Å²) >= 11 is 4.62. The summed E-state index contributed by atoms with van der Waals surface area (Å²) in [4.78, 5) is 4.10. The van der Waals surface area contributed by atoms with Crippen LogP contribution in [0.4, 0.5) is 0 Å². The number of aromatic nitrogens is 2. The Labute approximate surface area is 88.5 Å². The van der Waals surface area contributed by atoms with Crippen LogP contribution >= 0.6 is 27.7 Å². The van der Waals surface area contributed by atoms with Gasteiger partial charge in [0.05, 0.1) is 4.47 Å². The van der Waals surface area contributed by atoms with E-state index in [1.165, 1.54) is 16.3 Å². The molecule has 0 atom stereocenters. The average Bonchev–Trinajstić information content (AvgIpc) is 2.08. The molecule has 13 heavy (non-hydrogen) atoms. The van der Waals surface area contributed by atoms with Crippen LogP contribution in [0.2, 0.25) is 0 Å². The summed E-state index contributed by atoms with van der Waals surface area (Å²) in [6.45, 7) is 1.63. The number of hydrogen-bond donors (Lipinski definition) is 2. The second-order valence-electron chi connectivity index (χ2n) is 2.36. The van der Waals surface area contributed by atoms with E-state index in [4.69, 9.17) is 10.8 Å². The van der Waals surface area contributed by atoms with Gasteiger partial charge in [0, 0.05) is 6.20 Å². The number of thioether (sulfide) groups is 1. The average molecular weight is 261 g/mol. The maximum absolute atomic E-state index is 7.69. The van der Waals surface area contributed by atoms with Gasteiger partial charge in [-0.05, 0) is 29.1 Å². The topological polar surface area (TPSA) is 65.5 Å². The van der Waals surface area contributed by atoms with Crippen molar-refractivity contribution in [2.24, 2.45) is 0 Å². The highest BCUT2D eigenvalue weighted by Crippen LogP contribution is 2.10. The van der Waals surface area contributed by atoms with Crippen molar-refractivity contribution in [3.63, 3.8) is 0 Å². The van der Waals surface area contributed by atoms with E-state index in [-0.39, 0.29) is 5.49 Å². The van der Waals surface area contributed by atoms with Crippen molar-refractivity contribution in [3.05, 3.63) is 16.2 Å². The molecule has 1 heterocycles. The van der Waals surface area contributed by atoms with Crippen LogP contribution in [-0.2, 0) is 0 Å². The Hall–Kier alpha value is -0.620. The van der Waals surface area contributed by atoms with Crippen molar-refractivity contribution >= 4 is 33.5 Å². The number of halogens is 1. The second-order valence-corrected chi connectivity index (χ2v) is 3.99. The molecule has 0 spiro atoms. The molecule has 0 saturated heterocycles. The van der Waals surface area contributed by atoms with Gasteiger partial charge in [-0.1, -0.05) is 11.8 Å². The van der Waals surface area contributed by atoms with Gasteiger partial charge in [0.15, 0.2) is 5.16 Å². The predicted octanol–water partition coefficient (Wildman–Crippen LogP) is 1.69. The van der Waals surface area contributed by atoms with Gasteiger partial charge in [0.2, 0.25) is 0 Å². The van der Waals surface area contributed by atoms with Crippen molar-refractivity contribution in [2.75, 3.05) is 6.26 Å². The summed E-state index contributed by atoms with van der Waals surface area (Å²) in [7, 11) is 0. The molecular formula is C7H9BrN4S. The third kappa shape index (κ3) is 2.00. The Bertz CT molecular complexity index is 398. The van der Waals surface area contributed by atoms with E-state index in [1.54, 1.807) is 13.1 Å². The zero-order valence-electron chi connectivity index (χ0n) is 7.26. The van der Waals surface area contributed by atoms with Crippen LogP contribution in [0.5, 0.6) is 0 Å². The summed E-state index contributed by atoms with van der Waals surface area (Å²) in [5, 5.41) is 15.8. The third-order valence-electron chi connectivity index (χ3n) is 1.45. The summed E-state index contributed by atoms with van der Waals surface area (Å²) in [6, 6.07) is 0. The lowest BCUT2D eigenvalue weighted by Gasteiger charge is -2.09. The molecule has 0 aromatic carbocycles. The first kappa shape index (κ1) is 10.5. The third-order valence-corrected chi connectivity index (χ3v) is 2.68. The van der Waals surface area contributed by atoms with Gasteiger partial charge in [-0.25, -0.2) is 4.98 Å². The summed E-state index contributed by atoms with van der Waals surface area (Å²) in [5.41, 5.74) is 0.256. The van der Waals surface area contributed by atoms with Crippen LogP contribution in [0.1, 0.15) is 6.92 Å². The van der Waals surface area contributed by atoms with Gasteiger partial charge in [-0.2, -0.15) is 0 Å². The molecule has 0 fully saturated rings. The fraction of sp³-hybridized carbons (Fsp3) is 0.286. The monoisotopic (exact) mass is 260 g/mol. The van der Waals surface area contributed by atoms with E-state index in [0.29, 0.717) is 15.5 Å². The molecule has 0 saturated carbocycles. The quantitative estimate of drug-likeness (QED) is 0.349. The van der Waals surface area contributed by atoms with Gasteiger partial charge >= 0.3 is 0 Å². The molecule has 1 aromatic rings. The largest absolute Gasteiger partial charge is 0.288 e. The normalized spacial score (nSPS) is 10.1. The second kappa shape index (κ2) is 4.06. The standard InChI is InChI=1S/C7H9BrN4S/c1-4(9)12-6(10)5(8)3-11-7(12)13-2/h3,9-10H,1-2H3. The Balaban J connectivity index is 3.51. The van der Waals surface area contributed by atoms with Gasteiger partial charge in [0.1, 0.15) is 11.3 Å². The molecule has 1 rings (SSSR count). The minimum atomic E-state index is 0.256. The van der Waals surface area contributed by atoms with Crippen LogP contribution in [0.15, 0.2) is 15.8 Å². The van der Waals surface area contributed by atoms with Crippen molar-refractivity contribution < 1.29 is 0 Å². The van der Waals surface area contributed by atoms with E-state index in [2.05, 4.69) is 20.9 Å². The SMILES string of the molecule is CSc1ncc(Br)c(=N)n1C(C)=N. The zero-order valence-corrected chi connectivity index (χ0v) is 9.66. The molecule has 0 aliphatic carbocycles. The minimum absolute atomic E-state index is 0.256. The van der Waals surface area contributed by atoms with Crippen LogP contribution in [0, 0.1) is 10.8 Å². The van der Waals surface area contributed by atoms with Gasteiger partial charge in [-0.15, -0.1) is 0 Å². The van der Waals surface area contributed by atoms with Crippen LogP contribution in [-0.4, -0.2) is 21.6 Å². The predicted molar refractivity (Wildman–Crippen MR) is 56.4 cm³/mol. The first-order valence-electron chi connectivity index (χ1n) is 3.49. The van der Waals surface area contributed by atoms with Crippen molar-refractivity contribution in [3.8, 4) is 0 Å². The Morgan fingerprint density at radius 3 is 2.77 bits per heavy atom. The van der Waals surface area contributed by atoms with E-state index in [9.17, 15) is 0 Å². The van der Waals surface area contributed by atoms with Gasteiger partial charge in [-0.3, -0.25) is 15.4 Å². The lowest BCUT2D eigenvalue weighted by atomic mass is 10.5. The molecule has 4 nitrogen and oxygen atoms in total. The van der Waals surface area contributed by atoms with Crippen LogP contribution < -0.4 is 5.49 Å². The van der Waals surface area contributed by atoms with Crippen molar-refractivity contribution in [1.82, 2.24) is 9.55 Å². The number of nitrogens with one attached hydrogen (secondary N) is 2. The van der Waals surface area contributed by atoms with Gasteiger partial charge in [0.25, 0.3) is 0 Å². The maximum Gasteiger partial charge on any atom is 0.174 e. The lowest BCUT2D eigenvalue weighted by molar-refractivity contribution is 0.786. The molecule has 0 bridgehead atoms. The van der Waals surface area contributed by atoms with Crippen LogP contribution in [0.25, 0.3) is 0 Å². The Morgan fingerprint density at radius 1 is 1.69 bits per heavy atom. The Morgan fingerprint density at radius 2 is 2.31 bits per heavy atom. The van der Waals surface area contributed by atoms with Gasteiger partial charge < -0.3 is 0 Å². The molecule has 0 aliphatic rings. The highest BCUT2D eigenvalue weighted by molar-refractivity contribution is 9.10. The van der Waals surface area contributed by atoms with E-state index in [1.807, 2.05) is 6.26 Å². The zero-order chi connectivity index (χ0) is 10.0. The fourth-order valence-electron chi connectivity index (χ4n) is 0.888. The molecule has 0 amide bonds. The van der Waals surface area contributed by atoms with Crippen LogP contribution in [0.3, 0.4) is 0 Å². The highest BCUT2D eigenvalue weighted by Gasteiger charge is 2.06. The molecule has 1 aromatic heterocycles. The maximum atomic E-state index is 7.69. The van der Waals surface area contributed by atoms with E-state index in [0.717, 1.165) is 0 Å². The molecule has 0 unspecified atom stereocenters. The number of nitrogens with zero attached hydrogens (tertiary/aromatic N) is 2. The number of rotatable bonds is 1. The first-order chi connectivity index (χ1) is 6.07. The van der Waals surface area contributed by atoms with E-state index < -0.39 is 0 Å². The highest BCUT2D eigenvalue weighted by atomic mass is 79.9. The lowest BCUT2D eigenvalue weighted by Crippen LogP contribution is -2.27. The smallest absolute Gasteiger partial charge is 0.174 e. The number of hydrogen-bond acceptors (Lipinski definition) is 4. The Kier molecular flexibility index (Phi) is 3.27. The summed E-state index contributed by atoms with van der Waals surface area (Å²) in [6.07, 6.45) is 3.45. The molecular weight excluding hydrogens is 252 g/mol. The van der Waals surface area contributed by atoms with Crippen molar-refractivity contribution in [2.45, 2.75) is 12.1 Å². The fourth-order valence-corrected chi connectivity index (χ4v) is 1.74.